The number of para-hydroxylation sites is 2. The zero-order chi connectivity index (χ0) is 39.0. The summed E-state index contributed by atoms with van der Waals surface area (Å²) < 4.78 is 8.61. The predicted molar refractivity (Wildman–Crippen MR) is 241 cm³/mol. The number of benzene rings is 8. The summed E-state index contributed by atoms with van der Waals surface area (Å²) in [5.74, 6) is 1.27. The quantitative estimate of drug-likeness (QED) is 0.148. The monoisotopic (exact) mass is 747 g/mol. The molecule has 2 aromatic heterocycles. The van der Waals surface area contributed by atoms with E-state index < -0.39 is 0 Å². The highest BCUT2D eigenvalue weighted by molar-refractivity contribution is 6.09. The lowest BCUT2D eigenvalue weighted by atomic mass is 9.89. The van der Waals surface area contributed by atoms with Crippen LogP contribution in [-0.4, -0.2) is 14.8 Å². The average molecular weight is 748 g/mol. The van der Waals surface area contributed by atoms with Crippen LogP contribution in [0.4, 0.5) is 0 Å². The summed E-state index contributed by atoms with van der Waals surface area (Å²) in [5, 5.41) is 13.9. The van der Waals surface area contributed by atoms with Crippen molar-refractivity contribution < 1.29 is 4.42 Å². The summed E-state index contributed by atoms with van der Waals surface area (Å²) in [7, 11) is 0. The van der Waals surface area contributed by atoms with Crippen molar-refractivity contribution >= 4 is 38.2 Å². The fourth-order valence-corrected chi connectivity index (χ4v) is 8.28. The van der Waals surface area contributed by atoms with Crippen LogP contribution in [0.1, 0.15) is 37.6 Å². The second kappa shape index (κ2) is 15.0. The first-order valence-corrected chi connectivity index (χ1v) is 20.0. The topological polar surface area (TPSA) is 43.9 Å². The maximum atomic E-state index is 6.25. The van der Waals surface area contributed by atoms with E-state index in [9.17, 15) is 0 Å². The van der Waals surface area contributed by atoms with Crippen molar-refractivity contribution in [3.05, 3.63) is 206 Å². The van der Waals surface area contributed by atoms with Crippen molar-refractivity contribution in [3.8, 4) is 50.5 Å². The Labute approximate surface area is 338 Å². The molecule has 4 nitrogen and oxygen atoms in total. The zero-order valence-electron chi connectivity index (χ0n) is 32.5. The van der Waals surface area contributed by atoms with Crippen LogP contribution >= 0.6 is 0 Å². The van der Waals surface area contributed by atoms with Crippen molar-refractivity contribution in [2.45, 2.75) is 26.2 Å². The van der Waals surface area contributed by atoms with Gasteiger partial charge in [-0.3, -0.25) is 0 Å². The molecule has 1 unspecified atom stereocenters. The molecule has 0 aliphatic carbocycles. The van der Waals surface area contributed by atoms with Gasteiger partial charge in [-0.25, -0.2) is 0 Å². The van der Waals surface area contributed by atoms with Gasteiger partial charge >= 0.3 is 0 Å². The van der Waals surface area contributed by atoms with Gasteiger partial charge in [0.2, 0.25) is 11.8 Å². The Balaban J connectivity index is 0.893. The maximum absolute atomic E-state index is 6.25. The van der Waals surface area contributed by atoms with Crippen LogP contribution in [0.15, 0.2) is 199 Å². The first kappa shape index (κ1) is 35.1. The number of allylic oxidation sites excluding steroid dienone is 2. The summed E-state index contributed by atoms with van der Waals surface area (Å²) in [6.07, 6.45) is 3.08. The second-order valence-electron chi connectivity index (χ2n) is 15.1. The minimum atomic E-state index is 0.0905. The van der Waals surface area contributed by atoms with Gasteiger partial charge in [0.15, 0.2) is 0 Å². The summed E-state index contributed by atoms with van der Waals surface area (Å²) >= 11 is 0. The SMILES string of the molecule is C/C(=C\CC(C)c1nnc(-c2ccc(-c3ccccc3-c3ccccc3-c3ccc(-n4c5ccccc5c5ccccc54)cc3)cc2)o1)c1ccc2ccccc2c1. The first-order chi connectivity index (χ1) is 28.6. The van der Waals surface area contributed by atoms with Crippen molar-refractivity contribution in [2.75, 3.05) is 0 Å². The third kappa shape index (κ3) is 6.49. The van der Waals surface area contributed by atoms with E-state index in [2.05, 4.69) is 223 Å². The predicted octanol–water partition coefficient (Wildman–Crippen LogP) is 14.6. The Morgan fingerprint density at radius 3 is 1.69 bits per heavy atom. The molecule has 8 aromatic carbocycles. The molecule has 1 atom stereocenters. The van der Waals surface area contributed by atoms with Crippen LogP contribution < -0.4 is 0 Å². The molecule has 10 rings (SSSR count). The molecule has 0 N–H and O–H groups in total. The molecule has 278 valence electrons. The first-order valence-electron chi connectivity index (χ1n) is 20.0. The maximum Gasteiger partial charge on any atom is 0.247 e. The molecule has 0 saturated heterocycles. The lowest BCUT2D eigenvalue weighted by Crippen LogP contribution is -1.94. The normalized spacial score (nSPS) is 12.4. The summed E-state index contributed by atoms with van der Waals surface area (Å²) in [6, 6.07) is 67.2. The molecule has 0 aliphatic heterocycles. The molecule has 2 heterocycles. The molecule has 0 aliphatic rings. The smallest absolute Gasteiger partial charge is 0.247 e. The molecule has 4 heteroatoms. The van der Waals surface area contributed by atoms with E-state index in [4.69, 9.17) is 4.42 Å². The van der Waals surface area contributed by atoms with Crippen LogP contribution in [0, 0.1) is 0 Å². The molecule has 0 amide bonds. The number of rotatable bonds is 9. The zero-order valence-corrected chi connectivity index (χ0v) is 32.5. The minimum Gasteiger partial charge on any atom is -0.420 e. The Morgan fingerprint density at radius 1 is 0.534 bits per heavy atom. The fourth-order valence-electron chi connectivity index (χ4n) is 8.28. The van der Waals surface area contributed by atoms with Crippen molar-refractivity contribution in [1.29, 1.82) is 0 Å². The molecule has 0 fully saturated rings. The van der Waals surface area contributed by atoms with Crippen LogP contribution in [0.5, 0.6) is 0 Å². The van der Waals surface area contributed by atoms with E-state index in [-0.39, 0.29) is 5.92 Å². The van der Waals surface area contributed by atoms with Gasteiger partial charge in [-0.15, -0.1) is 10.2 Å². The Bertz CT molecular complexity index is 3060. The fraction of sp³-hybridized carbons (Fsp3) is 0.0741. The molecule has 0 spiro atoms. The number of nitrogens with zero attached hydrogens (tertiary/aromatic N) is 3. The molecule has 0 saturated carbocycles. The summed E-state index contributed by atoms with van der Waals surface area (Å²) in [4.78, 5) is 0. The van der Waals surface area contributed by atoms with E-state index in [1.165, 1.54) is 66.0 Å². The highest BCUT2D eigenvalue weighted by Gasteiger charge is 2.17. The van der Waals surface area contributed by atoms with Crippen LogP contribution in [0.25, 0.3) is 88.7 Å². The van der Waals surface area contributed by atoms with Crippen LogP contribution in [0.2, 0.25) is 0 Å². The van der Waals surface area contributed by atoms with E-state index in [0.29, 0.717) is 11.8 Å². The minimum absolute atomic E-state index is 0.0905. The standard InChI is InChI=1S/C54H41N3O/c1-36(42-30-25-38-13-3-4-14-43(38)35-42)23-24-37(2)53-55-56-54(58-53)41-28-26-39(27-29-41)45-15-5-7-17-47(45)48-18-8-6-16-46(48)40-31-33-44(34-32-40)57-51-21-11-9-19-49(51)50-20-10-12-22-52(50)57/h3-23,25-35,37H,24H2,1-2H3/b36-23+. The second-order valence-corrected chi connectivity index (χ2v) is 15.1. The van der Waals surface area contributed by atoms with Crippen molar-refractivity contribution in [3.63, 3.8) is 0 Å². The van der Waals surface area contributed by atoms with Gasteiger partial charge in [-0.05, 0) is 111 Å². The summed E-state index contributed by atoms with van der Waals surface area (Å²) in [6.45, 7) is 4.30. The third-order valence-corrected chi connectivity index (χ3v) is 11.4. The van der Waals surface area contributed by atoms with Gasteiger partial charge in [0, 0.05) is 27.9 Å². The van der Waals surface area contributed by atoms with E-state index in [1.807, 2.05) is 0 Å². The lowest BCUT2D eigenvalue weighted by Gasteiger charge is -2.15. The number of aromatic nitrogens is 3. The largest absolute Gasteiger partial charge is 0.420 e. The third-order valence-electron chi connectivity index (χ3n) is 11.4. The number of hydrogen-bond acceptors (Lipinski definition) is 3. The van der Waals surface area contributed by atoms with Gasteiger partial charge in [-0.1, -0.05) is 159 Å². The number of fused-ring (bicyclic) bond motifs is 4. The van der Waals surface area contributed by atoms with Gasteiger partial charge < -0.3 is 8.98 Å². The lowest BCUT2D eigenvalue weighted by molar-refractivity contribution is 0.469. The van der Waals surface area contributed by atoms with E-state index in [0.717, 1.165) is 28.8 Å². The van der Waals surface area contributed by atoms with Crippen molar-refractivity contribution in [2.24, 2.45) is 0 Å². The van der Waals surface area contributed by atoms with Crippen LogP contribution in [0.3, 0.4) is 0 Å². The van der Waals surface area contributed by atoms with Gasteiger partial charge in [0.25, 0.3) is 0 Å². The van der Waals surface area contributed by atoms with Crippen molar-refractivity contribution in [1.82, 2.24) is 14.8 Å². The Kier molecular flexibility index (Phi) is 9.08. The molecular weight excluding hydrogens is 707 g/mol. The highest BCUT2D eigenvalue weighted by Crippen LogP contribution is 2.40. The van der Waals surface area contributed by atoms with Gasteiger partial charge in [0.05, 0.1) is 11.0 Å². The summed E-state index contributed by atoms with van der Waals surface area (Å²) in [5.41, 5.74) is 14.0. The average Bonchev–Trinajstić information content (AvgIpc) is 3.92. The molecule has 0 bridgehead atoms. The Morgan fingerprint density at radius 2 is 1.05 bits per heavy atom. The van der Waals surface area contributed by atoms with E-state index >= 15 is 0 Å². The molecule has 58 heavy (non-hydrogen) atoms. The number of hydrogen-bond donors (Lipinski definition) is 0. The van der Waals surface area contributed by atoms with Gasteiger partial charge in [-0.2, -0.15) is 0 Å². The molecule has 0 radical (unpaired) electrons. The molecular formula is C54H41N3O. The Hall–Kier alpha value is -7.30. The van der Waals surface area contributed by atoms with Crippen LogP contribution in [-0.2, 0) is 0 Å². The highest BCUT2D eigenvalue weighted by atomic mass is 16.4. The molecule has 10 aromatic rings. The van der Waals surface area contributed by atoms with E-state index in [1.54, 1.807) is 0 Å². The van der Waals surface area contributed by atoms with Gasteiger partial charge in [0.1, 0.15) is 0 Å².